The number of hydrogen-bond donors (Lipinski definition) is 3. The molecule has 1 atom stereocenters. The lowest BCUT2D eigenvalue weighted by Gasteiger charge is -2.32. The molecule has 24 heavy (non-hydrogen) atoms. The number of aliphatic hydroxyl groups is 1. The van der Waals surface area contributed by atoms with Crippen molar-refractivity contribution >= 4 is 11.8 Å². The molecule has 2 heterocycles. The first-order chi connectivity index (χ1) is 11.6. The first-order valence-electron chi connectivity index (χ1n) is 8.68. The Bertz CT molecular complexity index is 577. The summed E-state index contributed by atoms with van der Waals surface area (Å²) in [5, 5.41) is 16.1. The van der Waals surface area contributed by atoms with Gasteiger partial charge >= 0.3 is 6.03 Å². The van der Waals surface area contributed by atoms with Crippen molar-refractivity contribution in [3.63, 3.8) is 0 Å². The number of urea groups is 1. The number of nitrogens with zero attached hydrogens (tertiary/aromatic N) is 2. The lowest BCUT2D eigenvalue weighted by molar-refractivity contribution is 0.00714. The average Bonchev–Trinajstić information content (AvgIpc) is 3.02. The van der Waals surface area contributed by atoms with E-state index in [1.807, 2.05) is 4.90 Å². The molecule has 6 nitrogen and oxygen atoms in total. The lowest BCUT2D eigenvalue weighted by atomic mass is 9.85. The summed E-state index contributed by atoms with van der Waals surface area (Å²) in [7, 11) is 0. The molecule has 132 valence electrons. The number of nitrogens with one attached hydrogen (secondary N) is 2. The summed E-state index contributed by atoms with van der Waals surface area (Å²) in [6.45, 7) is 1.47. The van der Waals surface area contributed by atoms with Crippen LogP contribution in [0.5, 0.6) is 0 Å². The predicted molar refractivity (Wildman–Crippen MR) is 89.4 cm³/mol. The first-order valence-corrected chi connectivity index (χ1v) is 8.68. The molecule has 1 aromatic rings. The minimum Gasteiger partial charge on any atom is -0.388 e. The third kappa shape index (κ3) is 4.14. The number of hydrogen-bond acceptors (Lipinski definition) is 4. The monoisotopic (exact) mass is 336 g/mol. The third-order valence-corrected chi connectivity index (χ3v) is 4.92. The molecular formula is C17H25FN4O2. The summed E-state index contributed by atoms with van der Waals surface area (Å²) in [4.78, 5) is 18.0. The number of anilines is 1. The molecule has 1 saturated heterocycles. The van der Waals surface area contributed by atoms with E-state index >= 15 is 0 Å². The lowest BCUT2D eigenvalue weighted by Crippen LogP contribution is -2.49. The smallest absolute Gasteiger partial charge is 0.315 e. The second-order valence-electron chi connectivity index (χ2n) is 6.85. The normalized spacial score (nSPS) is 23.1. The predicted octanol–water partition coefficient (Wildman–Crippen LogP) is 1.79. The number of halogens is 1. The zero-order valence-electron chi connectivity index (χ0n) is 13.8. The summed E-state index contributed by atoms with van der Waals surface area (Å²) in [6, 6.07) is 2.63. The Hall–Kier alpha value is -1.89. The highest BCUT2D eigenvalue weighted by Gasteiger charge is 2.30. The van der Waals surface area contributed by atoms with Crippen molar-refractivity contribution in [2.45, 2.75) is 50.2 Å². The van der Waals surface area contributed by atoms with Gasteiger partial charge in [0, 0.05) is 31.9 Å². The number of pyridine rings is 1. The molecule has 1 aliphatic heterocycles. The Labute approximate surface area is 141 Å². The molecule has 1 unspecified atom stereocenters. The van der Waals surface area contributed by atoms with Crippen molar-refractivity contribution < 1.29 is 14.3 Å². The van der Waals surface area contributed by atoms with Gasteiger partial charge < -0.3 is 20.6 Å². The van der Waals surface area contributed by atoms with Gasteiger partial charge in [-0.05, 0) is 31.4 Å². The van der Waals surface area contributed by atoms with Crippen molar-refractivity contribution in [3.8, 4) is 0 Å². The summed E-state index contributed by atoms with van der Waals surface area (Å²) in [5.41, 5.74) is -0.769. The van der Waals surface area contributed by atoms with E-state index in [-0.39, 0.29) is 24.4 Å². The third-order valence-electron chi connectivity index (χ3n) is 4.92. The highest BCUT2D eigenvalue weighted by molar-refractivity contribution is 5.74. The van der Waals surface area contributed by atoms with Gasteiger partial charge in [-0.25, -0.2) is 14.2 Å². The molecule has 2 amide bonds. The van der Waals surface area contributed by atoms with Crippen molar-refractivity contribution in [1.82, 2.24) is 15.6 Å². The van der Waals surface area contributed by atoms with Crippen molar-refractivity contribution in [3.05, 3.63) is 24.1 Å². The zero-order chi connectivity index (χ0) is 17.0. The van der Waals surface area contributed by atoms with Crippen LogP contribution in [0.1, 0.15) is 38.5 Å². The first kappa shape index (κ1) is 17.0. The molecule has 3 rings (SSSR count). The fraction of sp³-hybridized carbons (Fsp3) is 0.647. The number of amides is 2. The maximum absolute atomic E-state index is 13.8. The Kier molecular flexibility index (Phi) is 5.18. The van der Waals surface area contributed by atoms with E-state index in [0.29, 0.717) is 18.9 Å². The zero-order valence-corrected chi connectivity index (χ0v) is 13.8. The van der Waals surface area contributed by atoms with E-state index in [1.54, 1.807) is 12.3 Å². The molecule has 0 aromatic carbocycles. The van der Waals surface area contributed by atoms with Crippen LogP contribution in [0.2, 0.25) is 0 Å². The average molecular weight is 336 g/mol. The van der Waals surface area contributed by atoms with Gasteiger partial charge in [0.1, 0.15) is 0 Å². The topological polar surface area (TPSA) is 77.5 Å². The molecule has 3 N–H and O–H groups in total. The Morgan fingerprint density at radius 3 is 2.96 bits per heavy atom. The van der Waals surface area contributed by atoms with E-state index in [2.05, 4.69) is 15.6 Å². The van der Waals surface area contributed by atoms with E-state index in [0.717, 1.165) is 38.5 Å². The van der Waals surface area contributed by atoms with Crippen LogP contribution in [0, 0.1) is 5.82 Å². The maximum atomic E-state index is 13.8. The fourth-order valence-electron chi connectivity index (χ4n) is 3.55. The van der Waals surface area contributed by atoms with Crippen LogP contribution in [0.25, 0.3) is 0 Å². The van der Waals surface area contributed by atoms with Crippen LogP contribution in [-0.4, -0.2) is 47.4 Å². The summed E-state index contributed by atoms with van der Waals surface area (Å²) in [6.07, 6.45) is 6.95. The van der Waals surface area contributed by atoms with Crippen LogP contribution in [-0.2, 0) is 0 Å². The van der Waals surface area contributed by atoms with E-state index in [9.17, 15) is 14.3 Å². The molecule has 2 fully saturated rings. The van der Waals surface area contributed by atoms with Crippen molar-refractivity contribution in [2.24, 2.45) is 0 Å². The fourth-order valence-corrected chi connectivity index (χ4v) is 3.55. The Balaban J connectivity index is 1.45. The SMILES string of the molecule is O=C(NCC1(O)CCCCC1)NC1CCN(c2ncccc2F)C1. The van der Waals surface area contributed by atoms with Crippen LogP contribution in [0.15, 0.2) is 18.3 Å². The van der Waals surface area contributed by atoms with Gasteiger partial charge in [-0.1, -0.05) is 19.3 Å². The van der Waals surface area contributed by atoms with Gasteiger partial charge in [0.15, 0.2) is 11.6 Å². The van der Waals surface area contributed by atoms with Gasteiger partial charge in [0.25, 0.3) is 0 Å². The van der Waals surface area contributed by atoms with E-state index < -0.39 is 5.60 Å². The molecule has 1 aromatic heterocycles. The van der Waals surface area contributed by atoms with Gasteiger partial charge in [-0.15, -0.1) is 0 Å². The molecule has 0 bridgehead atoms. The highest BCUT2D eigenvalue weighted by atomic mass is 19.1. The minimum absolute atomic E-state index is 0.0487. The summed E-state index contributed by atoms with van der Waals surface area (Å²) in [5.74, 6) is -0.0131. The van der Waals surface area contributed by atoms with Crippen LogP contribution < -0.4 is 15.5 Å². The molecule has 2 aliphatic rings. The van der Waals surface area contributed by atoms with Crippen LogP contribution in [0.4, 0.5) is 15.0 Å². The van der Waals surface area contributed by atoms with Gasteiger partial charge in [-0.2, -0.15) is 0 Å². The molecule has 1 aliphatic carbocycles. The number of aromatic nitrogens is 1. The summed E-state index contributed by atoms with van der Waals surface area (Å²) < 4.78 is 13.8. The number of rotatable bonds is 4. The van der Waals surface area contributed by atoms with Gasteiger partial charge in [0.05, 0.1) is 5.60 Å². The second kappa shape index (κ2) is 7.34. The highest BCUT2D eigenvalue weighted by Crippen LogP contribution is 2.27. The molecule has 7 heteroatoms. The number of carbonyl (C=O) groups is 1. The van der Waals surface area contributed by atoms with Crippen LogP contribution >= 0.6 is 0 Å². The number of carbonyl (C=O) groups excluding carboxylic acids is 1. The largest absolute Gasteiger partial charge is 0.388 e. The molecule has 1 saturated carbocycles. The standard InChI is InChI=1S/C17H25FN4O2/c18-14-5-4-9-19-15(14)22-10-6-13(11-22)21-16(23)20-12-17(24)7-2-1-3-8-17/h4-5,9,13,24H,1-3,6-8,10-12H2,(H2,20,21,23). The van der Waals surface area contributed by atoms with Gasteiger partial charge in [0.2, 0.25) is 0 Å². The molecule has 0 spiro atoms. The van der Waals surface area contributed by atoms with Crippen molar-refractivity contribution in [2.75, 3.05) is 24.5 Å². The Morgan fingerprint density at radius 2 is 2.21 bits per heavy atom. The van der Waals surface area contributed by atoms with E-state index in [4.69, 9.17) is 0 Å². The molecule has 0 radical (unpaired) electrons. The molecular weight excluding hydrogens is 311 g/mol. The maximum Gasteiger partial charge on any atom is 0.315 e. The quantitative estimate of drug-likeness (QED) is 0.783. The van der Waals surface area contributed by atoms with Gasteiger partial charge in [-0.3, -0.25) is 0 Å². The summed E-state index contributed by atoms with van der Waals surface area (Å²) >= 11 is 0. The Morgan fingerprint density at radius 1 is 1.42 bits per heavy atom. The van der Waals surface area contributed by atoms with Crippen molar-refractivity contribution in [1.29, 1.82) is 0 Å². The van der Waals surface area contributed by atoms with Crippen LogP contribution in [0.3, 0.4) is 0 Å². The second-order valence-corrected chi connectivity index (χ2v) is 6.85. The minimum atomic E-state index is -0.769. The van der Waals surface area contributed by atoms with E-state index in [1.165, 1.54) is 6.07 Å².